The Morgan fingerprint density at radius 3 is 2.11 bits per heavy atom. The number of aliphatic hydroxyl groups is 2. The van der Waals surface area contributed by atoms with Gasteiger partial charge in [0.1, 0.15) is 5.60 Å². The van der Waals surface area contributed by atoms with Gasteiger partial charge >= 0.3 is 0 Å². The summed E-state index contributed by atoms with van der Waals surface area (Å²) in [6.45, 7) is 1.37. The molecule has 1 atom stereocenters. The van der Waals surface area contributed by atoms with Gasteiger partial charge in [-0.05, 0) is 63.2 Å². The van der Waals surface area contributed by atoms with E-state index in [1.165, 1.54) is 19.3 Å². The van der Waals surface area contributed by atoms with E-state index in [-0.39, 0.29) is 24.5 Å². The predicted molar refractivity (Wildman–Crippen MR) is 71.3 cm³/mol. The van der Waals surface area contributed by atoms with Crippen molar-refractivity contribution in [3.05, 3.63) is 0 Å². The Labute approximate surface area is 114 Å². The first-order valence-electron chi connectivity index (χ1n) is 7.54. The van der Waals surface area contributed by atoms with E-state index in [4.69, 9.17) is 5.11 Å². The summed E-state index contributed by atoms with van der Waals surface area (Å²) < 4.78 is 0. The van der Waals surface area contributed by atoms with Crippen LogP contribution in [0.25, 0.3) is 0 Å². The van der Waals surface area contributed by atoms with Crippen LogP contribution in [0.3, 0.4) is 0 Å². The highest BCUT2D eigenvalue weighted by Crippen LogP contribution is 2.60. The third-order valence-electron chi connectivity index (χ3n) is 5.49. The molecule has 4 fully saturated rings. The maximum atomic E-state index is 12.6. The Morgan fingerprint density at radius 2 is 1.68 bits per heavy atom. The van der Waals surface area contributed by atoms with Crippen molar-refractivity contribution in [2.45, 2.75) is 51.0 Å². The molecule has 0 heterocycles. The average molecular weight is 267 g/mol. The number of hydrogen-bond acceptors (Lipinski definition) is 3. The van der Waals surface area contributed by atoms with E-state index < -0.39 is 5.60 Å². The summed E-state index contributed by atoms with van der Waals surface area (Å²) in [4.78, 5) is 12.6. The second-order valence-electron chi connectivity index (χ2n) is 7.54. The van der Waals surface area contributed by atoms with E-state index in [9.17, 15) is 9.90 Å². The Balaban J connectivity index is 1.66. The summed E-state index contributed by atoms with van der Waals surface area (Å²) >= 11 is 0. The van der Waals surface area contributed by atoms with Crippen LogP contribution in [0.2, 0.25) is 0 Å². The van der Waals surface area contributed by atoms with Crippen molar-refractivity contribution in [2.24, 2.45) is 23.2 Å². The molecule has 1 unspecified atom stereocenters. The van der Waals surface area contributed by atoms with Gasteiger partial charge in [-0.25, -0.2) is 0 Å². The van der Waals surface area contributed by atoms with Gasteiger partial charge in [-0.2, -0.15) is 0 Å². The second kappa shape index (κ2) is 4.45. The Hall–Kier alpha value is -0.610. The number of amides is 1. The lowest BCUT2D eigenvalue weighted by molar-refractivity contribution is -0.147. The third kappa shape index (κ3) is 2.40. The first-order chi connectivity index (χ1) is 8.92. The van der Waals surface area contributed by atoms with Crippen LogP contribution >= 0.6 is 0 Å². The molecule has 0 spiro atoms. The van der Waals surface area contributed by atoms with E-state index in [0.717, 1.165) is 37.0 Å². The molecule has 0 aromatic heterocycles. The molecule has 0 saturated heterocycles. The van der Waals surface area contributed by atoms with Crippen LogP contribution < -0.4 is 5.32 Å². The molecule has 0 aliphatic heterocycles. The molecule has 0 radical (unpaired) electrons. The summed E-state index contributed by atoms with van der Waals surface area (Å²) in [6, 6.07) is 0. The number of rotatable bonds is 4. The van der Waals surface area contributed by atoms with Gasteiger partial charge in [-0.3, -0.25) is 4.79 Å². The van der Waals surface area contributed by atoms with Crippen LogP contribution in [0.1, 0.15) is 45.4 Å². The van der Waals surface area contributed by atoms with Crippen molar-refractivity contribution in [3.8, 4) is 0 Å². The zero-order valence-electron chi connectivity index (χ0n) is 11.7. The normalized spacial score (nSPS) is 43.0. The molecule has 0 aromatic rings. The van der Waals surface area contributed by atoms with Crippen LogP contribution in [0.4, 0.5) is 0 Å². The predicted octanol–water partition coefficient (Wildman–Crippen LogP) is 1.06. The summed E-state index contributed by atoms with van der Waals surface area (Å²) in [7, 11) is 0. The standard InChI is InChI=1S/C15H25NO3/c1-14(19,9-17)8-16-13(18)15-5-10-2-11(6-15)4-12(3-10)7-15/h10-12,17,19H,2-9H2,1H3,(H,16,18). The quantitative estimate of drug-likeness (QED) is 0.713. The molecular weight excluding hydrogens is 242 g/mol. The fourth-order valence-corrected chi connectivity index (χ4v) is 4.90. The summed E-state index contributed by atoms with van der Waals surface area (Å²) in [5, 5.41) is 21.7. The number of hydrogen-bond donors (Lipinski definition) is 3. The Bertz CT molecular complexity index is 342. The maximum absolute atomic E-state index is 12.6. The lowest BCUT2D eigenvalue weighted by Gasteiger charge is -2.55. The van der Waals surface area contributed by atoms with Gasteiger partial charge in [0.2, 0.25) is 5.91 Å². The van der Waals surface area contributed by atoms with Crippen molar-refractivity contribution < 1.29 is 15.0 Å². The number of aliphatic hydroxyl groups excluding tert-OH is 1. The average Bonchev–Trinajstić information content (AvgIpc) is 2.34. The third-order valence-corrected chi connectivity index (χ3v) is 5.49. The molecule has 3 N–H and O–H groups in total. The highest BCUT2D eigenvalue weighted by atomic mass is 16.3. The van der Waals surface area contributed by atoms with E-state index in [2.05, 4.69) is 5.32 Å². The molecule has 4 bridgehead atoms. The topological polar surface area (TPSA) is 69.6 Å². The van der Waals surface area contributed by atoms with Gasteiger partial charge in [0, 0.05) is 12.0 Å². The van der Waals surface area contributed by atoms with Gasteiger partial charge in [-0.1, -0.05) is 0 Å². The van der Waals surface area contributed by atoms with Crippen LogP contribution in [0, 0.1) is 23.2 Å². The van der Waals surface area contributed by atoms with Gasteiger partial charge < -0.3 is 15.5 Å². The fourth-order valence-electron chi connectivity index (χ4n) is 4.90. The largest absolute Gasteiger partial charge is 0.393 e. The first-order valence-corrected chi connectivity index (χ1v) is 7.54. The molecule has 4 nitrogen and oxygen atoms in total. The van der Waals surface area contributed by atoms with E-state index in [0.29, 0.717) is 0 Å². The summed E-state index contributed by atoms with van der Waals surface area (Å²) in [5.74, 6) is 2.35. The monoisotopic (exact) mass is 267 g/mol. The van der Waals surface area contributed by atoms with E-state index >= 15 is 0 Å². The number of carbonyl (C=O) groups excluding carboxylic acids is 1. The van der Waals surface area contributed by atoms with Crippen LogP contribution in [-0.2, 0) is 4.79 Å². The van der Waals surface area contributed by atoms with Gasteiger partial charge in [0.25, 0.3) is 0 Å². The lowest BCUT2D eigenvalue weighted by atomic mass is 9.49. The second-order valence-corrected chi connectivity index (χ2v) is 7.54. The molecule has 1 amide bonds. The van der Waals surface area contributed by atoms with Crippen molar-refractivity contribution in [1.29, 1.82) is 0 Å². The van der Waals surface area contributed by atoms with Crippen molar-refractivity contribution in [2.75, 3.05) is 13.2 Å². The summed E-state index contributed by atoms with van der Waals surface area (Å²) in [5.41, 5.74) is -1.38. The maximum Gasteiger partial charge on any atom is 0.226 e. The highest BCUT2D eigenvalue weighted by Gasteiger charge is 2.54. The Morgan fingerprint density at radius 1 is 1.21 bits per heavy atom. The Kier molecular flexibility index (Phi) is 3.13. The first kappa shape index (κ1) is 13.4. The van der Waals surface area contributed by atoms with Gasteiger partial charge in [0.05, 0.1) is 6.61 Å². The lowest BCUT2D eigenvalue weighted by Crippen LogP contribution is -2.55. The van der Waals surface area contributed by atoms with Crippen LogP contribution in [-0.4, -0.2) is 34.9 Å². The minimum atomic E-state index is -1.21. The smallest absolute Gasteiger partial charge is 0.226 e. The molecule has 4 aliphatic carbocycles. The van der Waals surface area contributed by atoms with Crippen LogP contribution in [0.5, 0.6) is 0 Å². The van der Waals surface area contributed by atoms with Gasteiger partial charge in [-0.15, -0.1) is 0 Å². The van der Waals surface area contributed by atoms with Gasteiger partial charge in [0.15, 0.2) is 0 Å². The number of carbonyl (C=O) groups is 1. The van der Waals surface area contributed by atoms with E-state index in [1.807, 2.05) is 0 Å². The molecular formula is C15H25NO3. The molecule has 4 saturated carbocycles. The molecule has 4 rings (SSSR count). The molecule has 108 valence electrons. The van der Waals surface area contributed by atoms with Crippen molar-refractivity contribution in [1.82, 2.24) is 5.32 Å². The zero-order valence-corrected chi connectivity index (χ0v) is 11.7. The highest BCUT2D eigenvalue weighted by molar-refractivity contribution is 5.83. The van der Waals surface area contributed by atoms with Crippen molar-refractivity contribution in [3.63, 3.8) is 0 Å². The molecule has 4 aliphatic rings. The molecule has 0 aromatic carbocycles. The van der Waals surface area contributed by atoms with Crippen LogP contribution in [0.15, 0.2) is 0 Å². The minimum Gasteiger partial charge on any atom is -0.393 e. The zero-order chi connectivity index (χ0) is 13.7. The minimum absolute atomic E-state index is 0.111. The van der Waals surface area contributed by atoms with Crippen molar-refractivity contribution >= 4 is 5.91 Å². The molecule has 19 heavy (non-hydrogen) atoms. The fraction of sp³-hybridized carbons (Fsp3) is 0.933. The molecule has 4 heteroatoms. The van der Waals surface area contributed by atoms with E-state index in [1.54, 1.807) is 6.92 Å². The summed E-state index contributed by atoms with van der Waals surface area (Å²) in [6.07, 6.45) is 7.06. The number of nitrogens with one attached hydrogen (secondary N) is 1. The SMILES string of the molecule is CC(O)(CO)CNC(=O)C12CC3CC(CC(C3)C1)C2.